The summed E-state index contributed by atoms with van der Waals surface area (Å²) in [6.45, 7) is 7.62. The van der Waals surface area contributed by atoms with Crippen molar-refractivity contribution >= 4 is 23.3 Å². The molecule has 6 heteroatoms. The molecule has 3 amide bonds. The molecule has 1 fully saturated rings. The molecule has 0 aliphatic carbocycles. The number of urea groups is 1. The Morgan fingerprint density at radius 3 is 1.96 bits per heavy atom. The van der Waals surface area contributed by atoms with Gasteiger partial charge in [0.25, 0.3) is 0 Å². The molecule has 0 spiro atoms. The number of piperazine rings is 1. The Labute approximate surface area is 160 Å². The molecule has 2 N–H and O–H groups in total. The highest BCUT2D eigenvalue weighted by molar-refractivity contribution is 5.91. The summed E-state index contributed by atoms with van der Waals surface area (Å²) < 4.78 is 0. The third-order valence-corrected chi connectivity index (χ3v) is 4.64. The molecule has 0 radical (unpaired) electrons. The molecule has 1 heterocycles. The third-order valence-electron chi connectivity index (χ3n) is 4.64. The van der Waals surface area contributed by atoms with Crippen LogP contribution in [0.2, 0.25) is 0 Å². The molecule has 2 aromatic rings. The lowest BCUT2D eigenvalue weighted by Crippen LogP contribution is -2.49. The molecule has 6 nitrogen and oxygen atoms in total. The zero-order valence-corrected chi connectivity index (χ0v) is 15.9. The number of hydrogen-bond acceptors (Lipinski definition) is 3. The van der Waals surface area contributed by atoms with Crippen LogP contribution in [0.25, 0.3) is 0 Å². The molecule has 0 saturated carbocycles. The van der Waals surface area contributed by atoms with Crippen LogP contribution >= 0.6 is 0 Å². The quantitative estimate of drug-likeness (QED) is 0.873. The van der Waals surface area contributed by atoms with Gasteiger partial charge in [-0.25, -0.2) is 4.79 Å². The average molecular weight is 366 g/mol. The monoisotopic (exact) mass is 366 g/mol. The molecule has 0 unspecified atom stereocenters. The summed E-state index contributed by atoms with van der Waals surface area (Å²) in [5.41, 5.74) is 4.00. The summed E-state index contributed by atoms with van der Waals surface area (Å²) in [5.74, 6) is -0.115. The highest BCUT2D eigenvalue weighted by Crippen LogP contribution is 2.15. The maximum Gasteiger partial charge on any atom is 0.321 e. The topological polar surface area (TPSA) is 64.7 Å². The van der Waals surface area contributed by atoms with Gasteiger partial charge in [-0.2, -0.15) is 0 Å². The Morgan fingerprint density at radius 2 is 1.41 bits per heavy atom. The summed E-state index contributed by atoms with van der Waals surface area (Å²) >= 11 is 0. The van der Waals surface area contributed by atoms with Crippen molar-refractivity contribution in [2.24, 2.45) is 0 Å². The van der Waals surface area contributed by atoms with E-state index < -0.39 is 0 Å². The van der Waals surface area contributed by atoms with Crippen LogP contribution in [0.5, 0.6) is 0 Å². The number of anilines is 2. The van der Waals surface area contributed by atoms with Gasteiger partial charge >= 0.3 is 6.03 Å². The molecule has 142 valence electrons. The maximum atomic E-state index is 12.5. The molecule has 3 rings (SSSR count). The van der Waals surface area contributed by atoms with Gasteiger partial charge in [-0.3, -0.25) is 9.69 Å². The van der Waals surface area contributed by atoms with Gasteiger partial charge in [0.05, 0.1) is 0 Å². The van der Waals surface area contributed by atoms with Gasteiger partial charge in [0.15, 0.2) is 0 Å². The first-order chi connectivity index (χ1) is 13.0. The van der Waals surface area contributed by atoms with Gasteiger partial charge in [-0.15, -0.1) is 0 Å². The molecule has 27 heavy (non-hydrogen) atoms. The van der Waals surface area contributed by atoms with Crippen LogP contribution < -0.4 is 10.6 Å². The first-order valence-corrected chi connectivity index (χ1v) is 9.21. The van der Waals surface area contributed by atoms with Crippen molar-refractivity contribution in [3.63, 3.8) is 0 Å². The number of carbonyl (C=O) groups is 2. The zero-order valence-electron chi connectivity index (χ0n) is 15.9. The van der Waals surface area contributed by atoms with E-state index in [4.69, 9.17) is 0 Å². The van der Waals surface area contributed by atoms with E-state index in [1.165, 1.54) is 18.1 Å². The number of hydrogen-bond donors (Lipinski definition) is 2. The predicted octanol–water partition coefficient (Wildman–Crippen LogP) is 3.30. The van der Waals surface area contributed by atoms with Gasteiger partial charge in [0, 0.05) is 51.0 Å². The van der Waals surface area contributed by atoms with Crippen molar-refractivity contribution < 1.29 is 9.59 Å². The minimum Gasteiger partial charge on any atom is -0.326 e. The number of aryl methyl sites for hydroxylation is 1. The van der Waals surface area contributed by atoms with Gasteiger partial charge in [-0.05, 0) is 36.8 Å². The first kappa shape index (κ1) is 18.9. The second-order valence-electron chi connectivity index (χ2n) is 6.94. The van der Waals surface area contributed by atoms with Crippen molar-refractivity contribution in [1.82, 2.24) is 9.80 Å². The average Bonchev–Trinajstić information content (AvgIpc) is 2.65. The van der Waals surface area contributed by atoms with Crippen molar-refractivity contribution in [1.29, 1.82) is 0 Å². The molecule has 0 bridgehead atoms. The van der Waals surface area contributed by atoms with Crippen LogP contribution in [-0.4, -0.2) is 47.9 Å². The third kappa shape index (κ3) is 5.56. The minimum atomic E-state index is -0.115. The van der Waals surface area contributed by atoms with E-state index >= 15 is 0 Å². The maximum absolute atomic E-state index is 12.5. The standard InChI is InChI=1S/C21H26N4O2/c1-16-3-5-18(6-4-16)15-24-11-13-25(14-12-24)21(27)23-20-9-7-19(8-10-20)22-17(2)26/h3-10H,11-15H2,1-2H3,(H,22,26)(H,23,27). The fraction of sp³-hybridized carbons (Fsp3) is 0.333. The zero-order chi connectivity index (χ0) is 19.2. The summed E-state index contributed by atoms with van der Waals surface area (Å²) in [4.78, 5) is 27.7. The van der Waals surface area contributed by atoms with Crippen molar-refractivity contribution in [2.45, 2.75) is 20.4 Å². The van der Waals surface area contributed by atoms with Gasteiger partial charge < -0.3 is 15.5 Å². The Morgan fingerprint density at radius 1 is 0.852 bits per heavy atom. The number of nitrogens with zero attached hydrogens (tertiary/aromatic N) is 2. The SMILES string of the molecule is CC(=O)Nc1ccc(NC(=O)N2CCN(Cc3ccc(C)cc3)CC2)cc1. The highest BCUT2D eigenvalue weighted by Gasteiger charge is 2.21. The van der Waals surface area contributed by atoms with Crippen LogP contribution in [0.15, 0.2) is 48.5 Å². The number of rotatable bonds is 4. The summed E-state index contributed by atoms with van der Waals surface area (Å²) in [5, 5.41) is 5.63. The van der Waals surface area contributed by atoms with E-state index in [0.717, 1.165) is 25.3 Å². The van der Waals surface area contributed by atoms with Crippen molar-refractivity contribution in [3.8, 4) is 0 Å². The Kier molecular flexibility index (Phi) is 6.08. The van der Waals surface area contributed by atoms with Crippen LogP contribution in [0.4, 0.5) is 16.2 Å². The Bertz CT molecular complexity index is 779. The molecular weight excluding hydrogens is 340 g/mol. The molecule has 1 aliphatic rings. The van der Waals surface area contributed by atoms with Gasteiger partial charge in [-0.1, -0.05) is 29.8 Å². The van der Waals surface area contributed by atoms with E-state index in [1.54, 1.807) is 24.3 Å². The smallest absolute Gasteiger partial charge is 0.321 e. The molecular formula is C21H26N4O2. The highest BCUT2D eigenvalue weighted by atomic mass is 16.2. The van der Waals surface area contributed by atoms with Crippen LogP contribution in [-0.2, 0) is 11.3 Å². The number of nitrogens with one attached hydrogen (secondary N) is 2. The fourth-order valence-electron chi connectivity index (χ4n) is 3.10. The van der Waals surface area contributed by atoms with E-state index in [9.17, 15) is 9.59 Å². The van der Waals surface area contributed by atoms with E-state index in [1.807, 2.05) is 4.90 Å². The second kappa shape index (κ2) is 8.68. The Balaban J connectivity index is 1.46. The lowest BCUT2D eigenvalue weighted by atomic mass is 10.1. The number of benzene rings is 2. The predicted molar refractivity (Wildman–Crippen MR) is 108 cm³/mol. The van der Waals surface area contributed by atoms with E-state index in [0.29, 0.717) is 18.8 Å². The lowest BCUT2D eigenvalue weighted by Gasteiger charge is -2.34. The summed E-state index contributed by atoms with van der Waals surface area (Å²) in [6.07, 6.45) is 0. The molecule has 2 aromatic carbocycles. The normalized spacial score (nSPS) is 14.7. The van der Waals surface area contributed by atoms with E-state index in [2.05, 4.69) is 46.7 Å². The van der Waals surface area contributed by atoms with Gasteiger partial charge in [0.2, 0.25) is 5.91 Å². The van der Waals surface area contributed by atoms with Crippen LogP contribution in [0.1, 0.15) is 18.1 Å². The molecule has 0 aromatic heterocycles. The second-order valence-corrected chi connectivity index (χ2v) is 6.94. The van der Waals surface area contributed by atoms with Crippen LogP contribution in [0.3, 0.4) is 0 Å². The minimum absolute atomic E-state index is 0.0859. The Hall–Kier alpha value is -2.86. The fourth-order valence-corrected chi connectivity index (χ4v) is 3.10. The number of carbonyl (C=O) groups excluding carboxylic acids is 2. The molecule has 0 atom stereocenters. The van der Waals surface area contributed by atoms with E-state index in [-0.39, 0.29) is 11.9 Å². The van der Waals surface area contributed by atoms with Crippen molar-refractivity contribution in [3.05, 3.63) is 59.7 Å². The lowest BCUT2D eigenvalue weighted by molar-refractivity contribution is -0.114. The van der Waals surface area contributed by atoms with Crippen molar-refractivity contribution in [2.75, 3.05) is 36.8 Å². The van der Waals surface area contributed by atoms with Gasteiger partial charge in [0.1, 0.15) is 0 Å². The number of amides is 3. The summed E-state index contributed by atoms with van der Waals surface area (Å²) in [7, 11) is 0. The summed E-state index contributed by atoms with van der Waals surface area (Å²) in [6, 6.07) is 15.6. The first-order valence-electron chi connectivity index (χ1n) is 9.21. The molecule has 1 saturated heterocycles. The largest absolute Gasteiger partial charge is 0.326 e. The van der Waals surface area contributed by atoms with Crippen LogP contribution in [0, 0.1) is 6.92 Å². The molecule has 1 aliphatic heterocycles.